The van der Waals surface area contributed by atoms with Crippen molar-refractivity contribution in [1.82, 2.24) is 10.0 Å². The zero-order valence-corrected chi connectivity index (χ0v) is 14.9. The summed E-state index contributed by atoms with van der Waals surface area (Å²) in [4.78, 5) is 12.5. The molecule has 0 aromatic heterocycles. The molecule has 2 aromatic carbocycles. The van der Waals surface area contributed by atoms with E-state index in [1.165, 1.54) is 12.1 Å². The molecule has 1 amide bonds. The van der Waals surface area contributed by atoms with E-state index in [4.69, 9.17) is 5.26 Å². The van der Waals surface area contributed by atoms with Crippen LogP contribution in [0.4, 0.5) is 0 Å². The predicted molar refractivity (Wildman–Crippen MR) is 94.4 cm³/mol. The lowest BCUT2D eigenvalue weighted by Crippen LogP contribution is -2.26. The van der Waals surface area contributed by atoms with Crippen molar-refractivity contribution in [3.05, 3.63) is 64.7 Å². The van der Waals surface area contributed by atoms with Crippen molar-refractivity contribution in [3.8, 4) is 6.07 Å². The number of nitriles is 1. The number of carbonyl (C=O) groups is 1. The third-order valence-electron chi connectivity index (χ3n) is 3.63. The van der Waals surface area contributed by atoms with Gasteiger partial charge in [0.05, 0.1) is 16.5 Å². The van der Waals surface area contributed by atoms with Crippen LogP contribution >= 0.6 is 0 Å². The first-order valence-corrected chi connectivity index (χ1v) is 9.23. The van der Waals surface area contributed by atoms with Crippen molar-refractivity contribution in [3.63, 3.8) is 0 Å². The number of carbonyl (C=O) groups excluding carboxylic acids is 1. The van der Waals surface area contributed by atoms with Gasteiger partial charge in [-0.2, -0.15) is 5.26 Å². The normalized spacial score (nSPS) is 10.9. The van der Waals surface area contributed by atoms with Gasteiger partial charge in [0.1, 0.15) is 0 Å². The maximum Gasteiger partial charge on any atom is 0.251 e. The molecule has 0 unspecified atom stereocenters. The van der Waals surface area contributed by atoms with Gasteiger partial charge in [0.2, 0.25) is 10.0 Å². The van der Waals surface area contributed by atoms with Gasteiger partial charge in [0.15, 0.2) is 0 Å². The molecule has 0 aliphatic rings. The van der Waals surface area contributed by atoms with Crippen LogP contribution in [0, 0.1) is 18.3 Å². The average molecular weight is 357 g/mol. The second-order valence-electron chi connectivity index (χ2n) is 5.47. The molecule has 6 nitrogen and oxygen atoms in total. The number of rotatable bonds is 6. The molecule has 130 valence electrons. The molecule has 0 saturated heterocycles. The van der Waals surface area contributed by atoms with Gasteiger partial charge in [-0.3, -0.25) is 4.79 Å². The zero-order chi connectivity index (χ0) is 18.4. The second kappa shape index (κ2) is 7.92. The van der Waals surface area contributed by atoms with E-state index < -0.39 is 10.0 Å². The molecule has 7 heteroatoms. The van der Waals surface area contributed by atoms with Crippen LogP contribution < -0.4 is 10.0 Å². The zero-order valence-electron chi connectivity index (χ0n) is 14.0. The van der Waals surface area contributed by atoms with Gasteiger partial charge in [-0.15, -0.1) is 0 Å². The van der Waals surface area contributed by atoms with Crippen molar-refractivity contribution in [2.75, 3.05) is 6.54 Å². The Morgan fingerprint density at radius 3 is 2.44 bits per heavy atom. The first kappa shape index (κ1) is 18.6. The van der Waals surface area contributed by atoms with Gasteiger partial charge in [-0.05, 0) is 42.3 Å². The van der Waals surface area contributed by atoms with Crippen molar-refractivity contribution in [2.24, 2.45) is 0 Å². The Kier molecular flexibility index (Phi) is 5.91. The minimum absolute atomic E-state index is 0.0588. The Bertz CT molecular complexity index is 914. The fourth-order valence-corrected chi connectivity index (χ4v) is 3.33. The summed E-state index contributed by atoms with van der Waals surface area (Å²) < 4.78 is 26.6. The number of hydrogen-bond donors (Lipinski definition) is 2. The molecule has 0 saturated carbocycles. The molecule has 0 radical (unpaired) electrons. The standard InChI is InChI=1S/C18H19N3O3S/c1-3-21-25(23,24)16-9-4-13(2)17(10-16)18(22)20-12-15-7-5-14(11-19)6-8-15/h4-10,21H,3,12H2,1-2H3,(H,20,22). The van der Waals surface area contributed by atoms with Gasteiger partial charge in [0.25, 0.3) is 5.91 Å². The molecule has 0 heterocycles. The number of benzene rings is 2. The van der Waals surface area contributed by atoms with Gasteiger partial charge in [0, 0.05) is 18.7 Å². The predicted octanol–water partition coefficient (Wildman–Crippen LogP) is 2.09. The smallest absolute Gasteiger partial charge is 0.251 e. The molecule has 0 aliphatic carbocycles. The molecule has 25 heavy (non-hydrogen) atoms. The van der Waals surface area contributed by atoms with Gasteiger partial charge < -0.3 is 5.32 Å². The van der Waals surface area contributed by atoms with Crippen LogP contribution in [0.25, 0.3) is 0 Å². The number of nitrogens with one attached hydrogen (secondary N) is 2. The van der Waals surface area contributed by atoms with Crippen LogP contribution in [-0.2, 0) is 16.6 Å². The average Bonchev–Trinajstić information content (AvgIpc) is 2.60. The van der Waals surface area contributed by atoms with Gasteiger partial charge >= 0.3 is 0 Å². The molecule has 0 fully saturated rings. The first-order valence-electron chi connectivity index (χ1n) is 7.75. The molecule has 2 N–H and O–H groups in total. The maximum atomic E-state index is 12.4. The van der Waals surface area contributed by atoms with Crippen molar-refractivity contribution in [2.45, 2.75) is 25.3 Å². The lowest BCUT2D eigenvalue weighted by molar-refractivity contribution is 0.0950. The van der Waals surface area contributed by atoms with Crippen LogP contribution in [0.2, 0.25) is 0 Å². The third kappa shape index (κ3) is 4.66. The van der Waals surface area contributed by atoms with E-state index in [1.54, 1.807) is 44.2 Å². The van der Waals surface area contributed by atoms with Crippen molar-refractivity contribution < 1.29 is 13.2 Å². The van der Waals surface area contributed by atoms with Gasteiger partial charge in [-0.25, -0.2) is 13.1 Å². The molecule has 2 rings (SSSR count). The highest BCUT2D eigenvalue weighted by molar-refractivity contribution is 7.89. The highest BCUT2D eigenvalue weighted by Gasteiger charge is 2.17. The highest BCUT2D eigenvalue weighted by Crippen LogP contribution is 2.16. The molecular formula is C18H19N3O3S. The van der Waals surface area contributed by atoms with E-state index in [1.807, 2.05) is 6.07 Å². The lowest BCUT2D eigenvalue weighted by Gasteiger charge is -2.11. The SMILES string of the molecule is CCNS(=O)(=O)c1ccc(C)c(C(=O)NCc2ccc(C#N)cc2)c1. The summed E-state index contributed by atoms with van der Waals surface area (Å²) in [6.45, 7) is 4.00. The van der Waals surface area contributed by atoms with Crippen molar-refractivity contribution >= 4 is 15.9 Å². The molecular weight excluding hydrogens is 338 g/mol. The monoisotopic (exact) mass is 357 g/mol. The molecule has 0 atom stereocenters. The van der Waals surface area contributed by atoms with Crippen LogP contribution in [0.15, 0.2) is 47.4 Å². The number of amides is 1. The summed E-state index contributed by atoms with van der Waals surface area (Å²) in [5.74, 6) is -0.351. The maximum absolute atomic E-state index is 12.4. The van der Waals surface area contributed by atoms with Crippen LogP contribution in [0.3, 0.4) is 0 Å². The largest absolute Gasteiger partial charge is 0.348 e. The number of sulfonamides is 1. The summed E-state index contributed by atoms with van der Waals surface area (Å²) in [6, 6.07) is 13.4. The van der Waals surface area contributed by atoms with E-state index >= 15 is 0 Å². The Morgan fingerprint density at radius 2 is 1.84 bits per heavy atom. The Hall–Kier alpha value is -2.69. The highest BCUT2D eigenvalue weighted by atomic mass is 32.2. The van der Waals surface area contributed by atoms with E-state index in [-0.39, 0.29) is 23.9 Å². The molecule has 2 aromatic rings. The minimum atomic E-state index is -3.62. The van der Waals surface area contributed by atoms with Crippen LogP contribution in [0.5, 0.6) is 0 Å². The van der Waals surface area contributed by atoms with Crippen LogP contribution in [-0.4, -0.2) is 20.9 Å². The number of aryl methyl sites for hydroxylation is 1. The Labute approximate surface area is 147 Å². The molecule has 0 bridgehead atoms. The van der Waals surface area contributed by atoms with E-state index in [9.17, 15) is 13.2 Å². The summed E-state index contributed by atoms with van der Waals surface area (Å²) in [5, 5.41) is 11.5. The quantitative estimate of drug-likeness (QED) is 0.827. The molecule has 0 aliphatic heterocycles. The summed E-state index contributed by atoms with van der Waals surface area (Å²) in [6.07, 6.45) is 0. The molecule has 0 spiro atoms. The van der Waals surface area contributed by atoms with E-state index in [2.05, 4.69) is 10.0 Å². The van der Waals surface area contributed by atoms with E-state index in [0.717, 1.165) is 5.56 Å². The van der Waals surface area contributed by atoms with Crippen LogP contribution in [0.1, 0.15) is 34.0 Å². The summed E-state index contributed by atoms with van der Waals surface area (Å²) in [7, 11) is -3.62. The van der Waals surface area contributed by atoms with Gasteiger partial charge in [-0.1, -0.05) is 25.1 Å². The third-order valence-corrected chi connectivity index (χ3v) is 5.18. The fourth-order valence-electron chi connectivity index (χ4n) is 2.26. The topological polar surface area (TPSA) is 99.1 Å². The lowest BCUT2D eigenvalue weighted by atomic mass is 10.1. The van der Waals surface area contributed by atoms with E-state index in [0.29, 0.717) is 16.7 Å². The minimum Gasteiger partial charge on any atom is -0.348 e. The Morgan fingerprint density at radius 1 is 1.16 bits per heavy atom. The second-order valence-corrected chi connectivity index (χ2v) is 7.24. The number of hydrogen-bond acceptors (Lipinski definition) is 4. The summed E-state index contributed by atoms with van der Waals surface area (Å²) >= 11 is 0. The fraction of sp³-hybridized carbons (Fsp3) is 0.222. The van der Waals surface area contributed by atoms with Crippen molar-refractivity contribution in [1.29, 1.82) is 5.26 Å². The number of nitrogens with zero attached hydrogens (tertiary/aromatic N) is 1. The Balaban J connectivity index is 2.16. The summed E-state index contributed by atoms with van der Waals surface area (Å²) in [5.41, 5.74) is 2.40. The first-order chi connectivity index (χ1) is 11.9.